The monoisotopic (exact) mass is 1290 g/mol. The number of pyridine rings is 9. The fourth-order valence-electron chi connectivity index (χ4n) is 15.4. The molecule has 3 aromatic carbocycles. The Balaban J connectivity index is 0.000000106. The molecule has 0 unspecified atom stereocenters. The van der Waals surface area contributed by atoms with Crippen LogP contribution >= 0.6 is 0 Å². The lowest BCUT2D eigenvalue weighted by Gasteiger charge is -2.10. The molecule has 9 aromatic heterocycles. The van der Waals surface area contributed by atoms with Gasteiger partial charge in [-0.25, -0.2) is 0 Å². The molecule has 9 heterocycles. The summed E-state index contributed by atoms with van der Waals surface area (Å²) in [5.41, 5.74) is 57.9. The highest BCUT2D eigenvalue weighted by Crippen LogP contribution is 2.45. The lowest BCUT2D eigenvalue weighted by molar-refractivity contribution is 1.01. The zero-order valence-electron chi connectivity index (χ0n) is 61.2. The third-order valence-electron chi connectivity index (χ3n) is 22.3. The van der Waals surface area contributed by atoms with Crippen LogP contribution in [0.3, 0.4) is 0 Å². The van der Waals surface area contributed by atoms with Crippen LogP contribution in [-0.4, -0.2) is 44.9 Å². The van der Waals surface area contributed by atoms with Crippen LogP contribution < -0.4 is 0 Å². The van der Waals surface area contributed by atoms with Crippen molar-refractivity contribution in [1.82, 2.24) is 44.9 Å². The van der Waals surface area contributed by atoms with Crippen LogP contribution in [-0.2, 0) is 38.5 Å². The Morgan fingerprint density at radius 3 is 1.23 bits per heavy atom. The van der Waals surface area contributed by atoms with Crippen LogP contribution in [0.2, 0.25) is 0 Å². The second-order valence-electron chi connectivity index (χ2n) is 28.4. The highest BCUT2D eigenvalue weighted by atomic mass is 14.8. The average Bonchev–Trinajstić information content (AvgIpc) is 1.64. The van der Waals surface area contributed by atoms with Crippen LogP contribution in [0.1, 0.15) is 179 Å². The van der Waals surface area contributed by atoms with Gasteiger partial charge < -0.3 is 0 Å². The Morgan fingerprint density at radius 1 is 0.235 bits per heavy atom. The summed E-state index contributed by atoms with van der Waals surface area (Å²) in [4.78, 5) is 40.8. The van der Waals surface area contributed by atoms with Gasteiger partial charge in [0.2, 0.25) is 0 Å². The van der Waals surface area contributed by atoms with E-state index in [1.807, 2.05) is 61.7 Å². The molecule has 0 fully saturated rings. The van der Waals surface area contributed by atoms with E-state index < -0.39 is 0 Å². The number of aryl methyl sites for hydroxylation is 12. The summed E-state index contributed by atoms with van der Waals surface area (Å²) in [7, 11) is 0. The molecule has 0 aliphatic heterocycles. The second-order valence-corrected chi connectivity index (χ2v) is 28.4. The van der Waals surface area contributed by atoms with Crippen LogP contribution in [0.15, 0.2) is 116 Å². The van der Waals surface area contributed by atoms with E-state index in [9.17, 15) is 0 Å². The van der Waals surface area contributed by atoms with Crippen molar-refractivity contribution < 1.29 is 0 Å². The molecule has 9 heteroatoms. The lowest BCUT2D eigenvalue weighted by Crippen LogP contribution is -1.97. The summed E-state index contributed by atoms with van der Waals surface area (Å²) < 4.78 is 0. The molecule has 0 atom stereocenters. The van der Waals surface area contributed by atoms with Crippen LogP contribution in [0.5, 0.6) is 0 Å². The molecule has 98 heavy (non-hydrogen) atoms. The number of nitrogens with zero attached hydrogens (tertiary/aromatic N) is 9. The minimum atomic E-state index is 0.882. The smallest absolute Gasteiger partial charge is 0.0548 e. The minimum Gasteiger partial charge on any atom is -0.260 e. The third-order valence-corrected chi connectivity index (χ3v) is 22.3. The molecule has 0 saturated heterocycles. The molecule has 6 aliphatic carbocycles. The molecule has 0 bridgehead atoms. The van der Waals surface area contributed by atoms with Gasteiger partial charge in [-0.2, -0.15) is 0 Å². The Labute approximate surface area is 581 Å². The van der Waals surface area contributed by atoms with E-state index in [0.29, 0.717) is 0 Å². The number of benzene rings is 3. The lowest BCUT2D eigenvalue weighted by atomic mass is 9.96. The highest BCUT2D eigenvalue weighted by molar-refractivity contribution is 5.84. The highest BCUT2D eigenvalue weighted by Gasteiger charge is 2.30. The predicted molar refractivity (Wildman–Crippen MR) is 403 cm³/mol. The molecule has 12 aromatic rings. The first-order valence-electron chi connectivity index (χ1n) is 34.7. The van der Waals surface area contributed by atoms with Gasteiger partial charge in [0.05, 0.1) is 51.2 Å². The van der Waals surface area contributed by atoms with E-state index in [4.69, 9.17) is 0 Å². The second kappa shape index (κ2) is 26.4. The molecule has 0 amide bonds. The summed E-state index contributed by atoms with van der Waals surface area (Å²) in [6.07, 6.45) is 21.2. The fraction of sp³-hybridized carbons (Fsp3) is 0.292. The molecular weight excluding hydrogens is 1200 g/mol. The van der Waals surface area contributed by atoms with Gasteiger partial charge in [0.1, 0.15) is 0 Å². The number of hydrogen-bond acceptors (Lipinski definition) is 9. The van der Waals surface area contributed by atoms with Crippen LogP contribution in [0.4, 0.5) is 0 Å². The van der Waals surface area contributed by atoms with Crippen molar-refractivity contribution in [3.63, 3.8) is 0 Å². The first kappa shape index (κ1) is 66.6. The van der Waals surface area contributed by atoms with Crippen LogP contribution in [0, 0.1) is 138 Å². The van der Waals surface area contributed by atoms with E-state index in [1.165, 1.54) is 229 Å². The van der Waals surface area contributed by atoms with Crippen molar-refractivity contribution in [3.8, 4) is 66.8 Å². The molecule has 492 valence electrons. The molecule has 9 nitrogen and oxygen atoms in total. The molecule has 0 spiro atoms. The molecule has 6 aliphatic rings. The van der Waals surface area contributed by atoms with Gasteiger partial charge in [-0.1, -0.05) is 54.1 Å². The largest absolute Gasteiger partial charge is 0.260 e. The van der Waals surface area contributed by atoms with Crippen molar-refractivity contribution in [2.45, 2.75) is 177 Å². The van der Waals surface area contributed by atoms with Gasteiger partial charge in [-0.05, 0) is 290 Å². The SMILES string of the molecule is Cc1cc(C)c2c(c1)-c1c(ncc(C)c1C)C2.Cc1cc2c(cc1C)-c1c(ncc(C)c1C)C2.Cc1ccc2c(c1C)Cc1ncc(C)c(C)c1-2.Cc1cnc2c(c1C)-c1c(C)ccnc1C2.Cc1cnc2c(c1C)-c1cccnc1C2.Cc1nc2c(c(C)c1C)-c1cccnc1C2. The number of rotatable bonds is 0. The zero-order chi connectivity index (χ0) is 69.4. The predicted octanol–water partition coefficient (Wildman–Crippen LogP) is 20.3. The molecule has 0 radical (unpaired) electrons. The van der Waals surface area contributed by atoms with Crippen molar-refractivity contribution in [2.24, 2.45) is 0 Å². The van der Waals surface area contributed by atoms with Crippen molar-refractivity contribution >= 4 is 0 Å². The Bertz CT molecular complexity index is 5260. The van der Waals surface area contributed by atoms with E-state index >= 15 is 0 Å². The molecule has 18 rings (SSSR count). The summed E-state index contributed by atoms with van der Waals surface area (Å²) >= 11 is 0. The summed E-state index contributed by atoms with van der Waals surface area (Å²) in [5.74, 6) is 0. The standard InChI is InChI=1S/3C16H17N.2C14H14N2.C13H12N2/c1-9-5-13-7-15-16(14(13)6-10(9)2)12(4)11(3)8-17-15;1-9-5-10(2)13-7-15-16(14(13)6-9)12(4)11(3)8-17-15;1-9-5-6-13-14(11(9)3)7-15-16(13)12(4)10(2)8-17-15;1-8-4-5-15-11-6-12-14(13(8)11)10(3)9(2)7-16-12;1-8-9(2)14-11-5-4-6-15-12(11)7-13(14)16-10(8)3;1-8-7-15-12-6-11-10(4-3-5-14-11)13(12)9(8)2/h3*5-6,8H,7H2,1-4H3;4-5,7H,6H2,1-3H3;4-6H,7H2,1-3H3;3-5,7H,6H2,1-2H3. The first-order chi connectivity index (χ1) is 46.9. The number of aromatic nitrogens is 9. The maximum absolute atomic E-state index is 4.69. The van der Waals surface area contributed by atoms with Crippen molar-refractivity contribution in [2.75, 3.05) is 0 Å². The van der Waals surface area contributed by atoms with E-state index in [0.717, 1.165) is 55.6 Å². The summed E-state index contributed by atoms with van der Waals surface area (Å²) in [6, 6.07) is 24.1. The van der Waals surface area contributed by atoms with Crippen LogP contribution in [0.25, 0.3) is 66.8 Å². The Hall–Kier alpha value is -9.99. The van der Waals surface area contributed by atoms with E-state index in [-0.39, 0.29) is 0 Å². The maximum atomic E-state index is 4.69. The van der Waals surface area contributed by atoms with E-state index in [1.54, 1.807) is 0 Å². The minimum absolute atomic E-state index is 0.882. The molecule has 0 saturated carbocycles. The third kappa shape index (κ3) is 12.0. The van der Waals surface area contributed by atoms with Gasteiger partial charge in [-0.15, -0.1) is 0 Å². The zero-order valence-corrected chi connectivity index (χ0v) is 61.2. The average molecular weight is 1290 g/mol. The quantitative estimate of drug-likeness (QED) is 0.146. The molecular formula is C89H91N9. The van der Waals surface area contributed by atoms with Crippen molar-refractivity contribution in [1.29, 1.82) is 0 Å². The Morgan fingerprint density at radius 2 is 0.663 bits per heavy atom. The Kier molecular flexibility index (Phi) is 18.0. The van der Waals surface area contributed by atoms with Gasteiger partial charge in [0.15, 0.2) is 0 Å². The fourth-order valence-corrected chi connectivity index (χ4v) is 15.4. The number of fused-ring (bicyclic) bond motifs is 18. The maximum Gasteiger partial charge on any atom is 0.0548 e. The van der Waals surface area contributed by atoms with Gasteiger partial charge in [-0.3, -0.25) is 44.9 Å². The molecule has 0 N–H and O–H groups in total. The number of hydrogen-bond donors (Lipinski definition) is 0. The summed E-state index contributed by atoms with van der Waals surface area (Å²) in [6.45, 7) is 43.3. The topological polar surface area (TPSA) is 116 Å². The van der Waals surface area contributed by atoms with Crippen molar-refractivity contribution in [3.05, 3.63) is 296 Å². The van der Waals surface area contributed by atoms with Gasteiger partial charge in [0.25, 0.3) is 0 Å². The van der Waals surface area contributed by atoms with Gasteiger partial charge in [0, 0.05) is 144 Å². The first-order valence-corrected chi connectivity index (χ1v) is 34.7. The van der Waals surface area contributed by atoms with Gasteiger partial charge >= 0.3 is 0 Å². The normalized spacial score (nSPS) is 12.4. The summed E-state index contributed by atoms with van der Waals surface area (Å²) in [5, 5.41) is 0. The van der Waals surface area contributed by atoms with E-state index in [2.05, 4.69) is 238 Å².